The lowest BCUT2D eigenvalue weighted by Crippen LogP contribution is -2.40. The van der Waals surface area contributed by atoms with Crippen molar-refractivity contribution in [1.82, 2.24) is 20.4 Å². The van der Waals surface area contributed by atoms with Crippen LogP contribution in [0.3, 0.4) is 0 Å². The maximum Gasteiger partial charge on any atom is 0.319 e. The minimum absolute atomic E-state index is 0.0196. The molecule has 1 aliphatic carbocycles. The van der Waals surface area contributed by atoms with Crippen LogP contribution in [0.1, 0.15) is 36.5 Å². The monoisotopic (exact) mass is 387 g/mol. The molecule has 3 N–H and O–H groups in total. The second-order valence-electron chi connectivity index (χ2n) is 7.33. The fourth-order valence-corrected chi connectivity index (χ4v) is 3.25. The number of rotatable bonds is 6. The summed E-state index contributed by atoms with van der Waals surface area (Å²) in [5, 5.41) is 8.46. The third-order valence-corrected chi connectivity index (χ3v) is 4.92. The van der Waals surface area contributed by atoms with E-state index in [1.165, 1.54) is 0 Å². The number of urea groups is 1. The Morgan fingerprint density at radius 2 is 1.79 bits per heavy atom. The van der Waals surface area contributed by atoms with Crippen LogP contribution < -0.4 is 16.0 Å². The molecule has 2 aliphatic rings. The molecule has 0 spiro atoms. The number of hydrogen-bond donors (Lipinski definition) is 3. The third-order valence-electron chi connectivity index (χ3n) is 4.92. The first-order valence-corrected chi connectivity index (χ1v) is 10.0. The molecular weight excluding hydrogens is 358 g/mol. The van der Waals surface area contributed by atoms with Gasteiger partial charge in [-0.05, 0) is 50.5 Å². The minimum Gasteiger partial charge on any atom is -0.355 e. The Balaban J connectivity index is 1.50. The molecule has 0 unspecified atom stereocenters. The first kappa shape index (κ1) is 20.1. The van der Waals surface area contributed by atoms with E-state index in [4.69, 9.17) is 0 Å². The average Bonchev–Trinajstić information content (AvgIpc) is 3.49. The zero-order valence-electron chi connectivity index (χ0n) is 16.4. The van der Waals surface area contributed by atoms with Gasteiger partial charge in [-0.1, -0.05) is 0 Å². The number of amides is 4. The smallest absolute Gasteiger partial charge is 0.319 e. The first-order chi connectivity index (χ1) is 13.5. The van der Waals surface area contributed by atoms with Gasteiger partial charge in [-0.15, -0.1) is 0 Å². The molecule has 152 valence electrons. The van der Waals surface area contributed by atoms with Gasteiger partial charge in [-0.2, -0.15) is 0 Å². The molecule has 1 saturated heterocycles. The van der Waals surface area contributed by atoms with Crippen molar-refractivity contribution in [2.75, 3.05) is 44.6 Å². The van der Waals surface area contributed by atoms with Crippen LogP contribution in [0.15, 0.2) is 24.3 Å². The molecule has 28 heavy (non-hydrogen) atoms. The number of likely N-dealkylation sites (N-methyl/N-ethyl adjacent to an activating group) is 1. The van der Waals surface area contributed by atoms with Crippen LogP contribution in [0.4, 0.5) is 10.5 Å². The van der Waals surface area contributed by atoms with E-state index in [9.17, 15) is 14.4 Å². The molecule has 0 bridgehead atoms. The Labute approximate surface area is 165 Å². The summed E-state index contributed by atoms with van der Waals surface area (Å²) < 4.78 is 0. The van der Waals surface area contributed by atoms with Gasteiger partial charge in [0.15, 0.2) is 0 Å². The fourth-order valence-electron chi connectivity index (χ4n) is 3.25. The van der Waals surface area contributed by atoms with Gasteiger partial charge in [0.1, 0.15) is 0 Å². The van der Waals surface area contributed by atoms with Gasteiger partial charge >= 0.3 is 6.03 Å². The van der Waals surface area contributed by atoms with Crippen LogP contribution >= 0.6 is 0 Å². The lowest BCUT2D eigenvalue weighted by atomic mass is 10.1. The summed E-state index contributed by atoms with van der Waals surface area (Å²) in [5.74, 6) is 0.00456. The summed E-state index contributed by atoms with van der Waals surface area (Å²) in [7, 11) is 0. The SMILES string of the molecule is CCNC(=O)CN1CCCN(C(=O)c2ccc(NC(=O)NC3CC3)cc2)CC1. The topological polar surface area (TPSA) is 93.8 Å². The fraction of sp³-hybridized carbons (Fsp3) is 0.550. The van der Waals surface area contributed by atoms with E-state index in [1.807, 2.05) is 11.8 Å². The van der Waals surface area contributed by atoms with Crippen molar-refractivity contribution in [2.24, 2.45) is 0 Å². The van der Waals surface area contributed by atoms with Gasteiger partial charge in [0.25, 0.3) is 5.91 Å². The van der Waals surface area contributed by atoms with Gasteiger partial charge in [-0.3, -0.25) is 14.5 Å². The zero-order valence-corrected chi connectivity index (χ0v) is 16.4. The summed E-state index contributed by atoms with van der Waals surface area (Å²) in [5.41, 5.74) is 1.27. The molecule has 2 fully saturated rings. The van der Waals surface area contributed by atoms with E-state index < -0.39 is 0 Å². The van der Waals surface area contributed by atoms with Crippen LogP contribution in [0.25, 0.3) is 0 Å². The number of hydrogen-bond acceptors (Lipinski definition) is 4. The van der Waals surface area contributed by atoms with Gasteiger partial charge in [-0.25, -0.2) is 4.79 Å². The van der Waals surface area contributed by atoms with Crippen molar-refractivity contribution in [1.29, 1.82) is 0 Å². The van der Waals surface area contributed by atoms with E-state index in [2.05, 4.69) is 20.9 Å². The molecule has 1 aromatic rings. The highest BCUT2D eigenvalue weighted by Crippen LogP contribution is 2.19. The maximum absolute atomic E-state index is 12.8. The number of nitrogens with zero attached hydrogens (tertiary/aromatic N) is 2. The third kappa shape index (κ3) is 5.95. The number of carbonyl (C=O) groups excluding carboxylic acids is 3. The Bertz CT molecular complexity index is 702. The van der Waals surface area contributed by atoms with E-state index >= 15 is 0 Å². The molecule has 0 atom stereocenters. The molecule has 1 aliphatic heterocycles. The minimum atomic E-state index is -0.207. The quantitative estimate of drug-likeness (QED) is 0.685. The molecule has 1 aromatic carbocycles. The van der Waals surface area contributed by atoms with Crippen molar-refractivity contribution in [3.05, 3.63) is 29.8 Å². The highest BCUT2D eigenvalue weighted by atomic mass is 16.2. The number of carbonyl (C=O) groups is 3. The van der Waals surface area contributed by atoms with E-state index in [0.717, 1.165) is 25.8 Å². The molecule has 0 radical (unpaired) electrons. The summed E-state index contributed by atoms with van der Waals surface area (Å²) >= 11 is 0. The standard InChI is InChI=1S/C20H29N5O3/c1-2-21-18(26)14-24-10-3-11-25(13-12-24)19(27)15-4-6-16(7-5-15)22-20(28)23-17-8-9-17/h4-7,17H,2-3,8-14H2,1H3,(H,21,26)(H2,22,23,28). The number of benzene rings is 1. The highest BCUT2D eigenvalue weighted by molar-refractivity contribution is 5.95. The lowest BCUT2D eigenvalue weighted by Gasteiger charge is -2.22. The number of nitrogens with one attached hydrogen (secondary N) is 3. The summed E-state index contributed by atoms with van der Waals surface area (Å²) in [4.78, 5) is 40.3. The van der Waals surface area contributed by atoms with Gasteiger partial charge in [0.2, 0.25) is 5.91 Å². The van der Waals surface area contributed by atoms with Crippen molar-refractivity contribution in [3.8, 4) is 0 Å². The Kier molecular flexibility index (Phi) is 6.86. The predicted octanol–water partition coefficient (Wildman–Crippen LogP) is 1.25. The van der Waals surface area contributed by atoms with Gasteiger partial charge < -0.3 is 20.9 Å². The molecule has 3 rings (SSSR count). The van der Waals surface area contributed by atoms with Crippen molar-refractivity contribution >= 4 is 23.5 Å². The highest BCUT2D eigenvalue weighted by Gasteiger charge is 2.23. The van der Waals surface area contributed by atoms with Gasteiger partial charge in [0, 0.05) is 50.0 Å². The van der Waals surface area contributed by atoms with Crippen LogP contribution in [0.5, 0.6) is 0 Å². The number of anilines is 1. The van der Waals surface area contributed by atoms with E-state index in [0.29, 0.717) is 50.0 Å². The summed E-state index contributed by atoms with van der Waals surface area (Å²) in [6.07, 6.45) is 2.92. The second-order valence-corrected chi connectivity index (χ2v) is 7.33. The maximum atomic E-state index is 12.8. The van der Waals surface area contributed by atoms with Crippen molar-refractivity contribution in [2.45, 2.75) is 32.2 Å². The van der Waals surface area contributed by atoms with Crippen LogP contribution in [-0.2, 0) is 4.79 Å². The van der Waals surface area contributed by atoms with Crippen LogP contribution in [0.2, 0.25) is 0 Å². The first-order valence-electron chi connectivity index (χ1n) is 10.0. The van der Waals surface area contributed by atoms with Crippen molar-refractivity contribution in [3.63, 3.8) is 0 Å². The van der Waals surface area contributed by atoms with E-state index in [-0.39, 0.29) is 17.8 Å². The molecule has 0 aromatic heterocycles. The largest absolute Gasteiger partial charge is 0.355 e. The lowest BCUT2D eigenvalue weighted by molar-refractivity contribution is -0.122. The Morgan fingerprint density at radius 1 is 1.04 bits per heavy atom. The normalized spacial score (nSPS) is 17.5. The van der Waals surface area contributed by atoms with Crippen LogP contribution in [-0.4, -0.2) is 73.0 Å². The van der Waals surface area contributed by atoms with E-state index in [1.54, 1.807) is 24.3 Å². The predicted molar refractivity (Wildman–Crippen MR) is 107 cm³/mol. The van der Waals surface area contributed by atoms with Crippen LogP contribution in [0, 0.1) is 0 Å². The molecule has 8 heteroatoms. The Hall–Kier alpha value is -2.61. The molecule has 1 saturated carbocycles. The molecule has 1 heterocycles. The molecule has 4 amide bonds. The van der Waals surface area contributed by atoms with Crippen molar-refractivity contribution < 1.29 is 14.4 Å². The van der Waals surface area contributed by atoms with Gasteiger partial charge in [0.05, 0.1) is 6.54 Å². The zero-order chi connectivity index (χ0) is 19.9. The summed E-state index contributed by atoms with van der Waals surface area (Å²) in [6, 6.07) is 7.08. The average molecular weight is 387 g/mol. The summed E-state index contributed by atoms with van der Waals surface area (Å²) in [6.45, 7) is 5.67. The molecular formula is C20H29N5O3. The Morgan fingerprint density at radius 3 is 2.46 bits per heavy atom. The molecule has 8 nitrogen and oxygen atoms in total. The second kappa shape index (κ2) is 9.54.